The number of nitrogens with zero attached hydrogens (tertiary/aromatic N) is 9. The van der Waals surface area contributed by atoms with E-state index in [1.165, 1.54) is 28.7 Å². The molecule has 1 atom stereocenters. The van der Waals surface area contributed by atoms with Crippen molar-refractivity contribution in [2.45, 2.75) is 19.5 Å². The number of hydrogen-bond acceptors (Lipinski definition) is 8. The van der Waals surface area contributed by atoms with E-state index in [4.69, 9.17) is 0 Å². The maximum Gasteiger partial charge on any atom is 0.277 e. The molecular weight excluding hydrogens is 326 g/mol. The third-order valence-corrected chi connectivity index (χ3v) is 3.92. The molecule has 0 bridgehead atoms. The number of fused-ring (bicyclic) bond motifs is 2. The van der Waals surface area contributed by atoms with E-state index >= 15 is 0 Å². The van der Waals surface area contributed by atoms with Crippen LogP contribution in [0.25, 0.3) is 21.8 Å². The van der Waals surface area contributed by atoms with Crippen molar-refractivity contribution in [1.29, 1.82) is 0 Å². The summed E-state index contributed by atoms with van der Waals surface area (Å²) in [5.74, 6) is 0. The number of aromatic nitrogens is 9. The molecular formula is C14H13N9O2. The van der Waals surface area contributed by atoms with Gasteiger partial charge in [0.05, 0.1) is 35.8 Å². The molecule has 4 aromatic rings. The normalized spacial score (nSPS) is 12.7. The van der Waals surface area contributed by atoms with Crippen molar-refractivity contribution >= 4 is 21.8 Å². The van der Waals surface area contributed by atoms with Gasteiger partial charge >= 0.3 is 0 Å². The average molecular weight is 339 g/mol. The second-order valence-electron chi connectivity index (χ2n) is 5.68. The van der Waals surface area contributed by atoms with Crippen LogP contribution in [0.15, 0.2) is 34.1 Å². The summed E-state index contributed by atoms with van der Waals surface area (Å²) in [4.78, 5) is 26.4. The summed E-state index contributed by atoms with van der Waals surface area (Å²) in [6, 6.07) is 2.73. The van der Waals surface area contributed by atoms with Crippen LogP contribution >= 0.6 is 0 Å². The number of rotatable bonds is 3. The van der Waals surface area contributed by atoms with Crippen LogP contribution in [0.5, 0.6) is 0 Å². The van der Waals surface area contributed by atoms with E-state index in [1.54, 1.807) is 12.4 Å². The molecule has 126 valence electrons. The highest BCUT2D eigenvalue weighted by molar-refractivity contribution is 5.93. The molecule has 0 N–H and O–H groups in total. The van der Waals surface area contributed by atoms with E-state index in [9.17, 15) is 9.59 Å². The third-order valence-electron chi connectivity index (χ3n) is 3.92. The van der Waals surface area contributed by atoms with Crippen LogP contribution in [-0.4, -0.2) is 45.0 Å². The zero-order chi connectivity index (χ0) is 17.6. The van der Waals surface area contributed by atoms with Gasteiger partial charge in [-0.3, -0.25) is 9.59 Å². The zero-order valence-corrected chi connectivity index (χ0v) is 13.4. The summed E-state index contributed by atoms with van der Waals surface area (Å²) >= 11 is 0. The molecule has 0 aliphatic heterocycles. The van der Waals surface area contributed by atoms with Crippen molar-refractivity contribution in [2.75, 3.05) is 0 Å². The second kappa shape index (κ2) is 5.54. The van der Waals surface area contributed by atoms with Gasteiger partial charge in [-0.1, -0.05) is 10.4 Å². The van der Waals surface area contributed by atoms with Crippen molar-refractivity contribution in [1.82, 2.24) is 45.0 Å². The molecule has 0 unspecified atom stereocenters. The first-order valence-electron chi connectivity index (χ1n) is 7.51. The quantitative estimate of drug-likeness (QED) is 0.448. The summed E-state index contributed by atoms with van der Waals surface area (Å²) in [6.07, 6.45) is 3.12. The minimum absolute atomic E-state index is 0.303. The molecule has 0 aliphatic rings. The van der Waals surface area contributed by atoms with Crippen LogP contribution in [0.4, 0.5) is 0 Å². The van der Waals surface area contributed by atoms with Crippen LogP contribution in [0.3, 0.4) is 0 Å². The first kappa shape index (κ1) is 15.1. The fourth-order valence-corrected chi connectivity index (χ4v) is 2.62. The predicted molar refractivity (Wildman–Crippen MR) is 86.9 cm³/mol. The lowest BCUT2D eigenvalue weighted by Crippen LogP contribution is -2.30. The lowest BCUT2D eigenvalue weighted by Gasteiger charge is -2.12. The Labute approximate surface area is 139 Å². The summed E-state index contributed by atoms with van der Waals surface area (Å²) in [5, 5.41) is 24.5. The number of benzene rings is 1. The van der Waals surface area contributed by atoms with E-state index in [2.05, 4.69) is 30.8 Å². The number of hydrogen-bond donors (Lipinski definition) is 0. The maximum atomic E-state index is 12.8. The zero-order valence-electron chi connectivity index (χ0n) is 13.4. The highest BCUT2D eigenvalue weighted by Gasteiger charge is 2.15. The Hall–Kier alpha value is -3.50. The Morgan fingerprint density at radius 1 is 0.960 bits per heavy atom. The summed E-state index contributed by atoms with van der Waals surface area (Å²) in [5.41, 5.74) is 0.0435. The van der Waals surface area contributed by atoms with Crippen LogP contribution in [-0.2, 0) is 13.6 Å². The molecule has 3 aromatic heterocycles. The molecule has 11 nitrogen and oxygen atoms in total. The fraction of sp³-hybridized carbons (Fsp3) is 0.286. The third kappa shape index (κ3) is 2.45. The first-order valence-corrected chi connectivity index (χ1v) is 7.51. The molecule has 0 aliphatic carbocycles. The molecule has 0 radical (unpaired) electrons. The van der Waals surface area contributed by atoms with E-state index in [0.29, 0.717) is 28.4 Å². The molecule has 4 rings (SSSR count). The van der Waals surface area contributed by atoms with Gasteiger partial charge in [-0.25, -0.2) is 9.36 Å². The van der Waals surface area contributed by atoms with Crippen LogP contribution in [0.1, 0.15) is 13.0 Å². The van der Waals surface area contributed by atoms with E-state index in [-0.39, 0.29) is 17.2 Å². The first-order chi connectivity index (χ1) is 12.0. The van der Waals surface area contributed by atoms with Gasteiger partial charge in [-0.2, -0.15) is 15.0 Å². The molecule has 0 saturated heterocycles. The summed E-state index contributed by atoms with van der Waals surface area (Å²) < 4.78 is 2.40. The van der Waals surface area contributed by atoms with Crippen LogP contribution < -0.4 is 11.1 Å². The van der Waals surface area contributed by atoms with Gasteiger partial charge in [0.1, 0.15) is 11.0 Å². The maximum absolute atomic E-state index is 12.8. The molecule has 11 heteroatoms. The van der Waals surface area contributed by atoms with Gasteiger partial charge < -0.3 is 0 Å². The second-order valence-corrected chi connectivity index (χ2v) is 5.68. The summed E-state index contributed by atoms with van der Waals surface area (Å²) in [7, 11) is 1.51. The lowest BCUT2D eigenvalue weighted by molar-refractivity contribution is 0.358. The van der Waals surface area contributed by atoms with Gasteiger partial charge in [-0.05, 0) is 19.1 Å². The van der Waals surface area contributed by atoms with Crippen LogP contribution in [0.2, 0.25) is 0 Å². The van der Waals surface area contributed by atoms with Crippen molar-refractivity contribution in [3.05, 3.63) is 45.2 Å². The standard InChI is InChI=1S/C14H13N9O2/c1-8(7-22-15-3-4-16-22)23-14(25)10-6-11-9(5-12(10)18-20-23)13(24)21(2)19-17-11/h3-6,8H,7H2,1-2H3/t8-/m1/s1. The monoisotopic (exact) mass is 339 g/mol. The SMILES string of the molecule is C[C@H](Cn1nccn1)n1nnc2cc3c(=O)n(C)nnc3cc2c1=O. The van der Waals surface area contributed by atoms with Gasteiger partial charge in [0, 0.05) is 7.05 Å². The fourth-order valence-electron chi connectivity index (χ4n) is 2.62. The molecule has 25 heavy (non-hydrogen) atoms. The Balaban J connectivity index is 1.87. The van der Waals surface area contributed by atoms with Crippen LogP contribution in [0, 0.1) is 0 Å². The van der Waals surface area contributed by atoms with Gasteiger partial charge in [0.15, 0.2) is 0 Å². The Kier molecular flexibility index (Phi) is 3.34. The molecule has 3 heterocycles. The molecule has 0 saturated carbocycles. The minimum atomic E-state index is -0.325. The Morgan fingerprint density at radius 3 is 2.24 bits per heavy atom. The van der Waals surface area contributed by atoms with E-state index < -0.39 is 0 Å². The topological polar surface area (TPSA) is 126 Å². The van der Waals surface area contributed by atoms with Crippen molar-refractivity contribution in [3.8, 4) is 0 Å². The highest BCUT2D eigenvalue weighted by atomic mass is 16.1. The Morgan fingerprint density at radius 2 is 1.56 bits per heavy atom. The van der Waals surface area contributed by atoms with Gasteiger partial charge in [-0.15, -0.1) is 10.2 Å². The van der Waals surface area contributed by atoms with Gasteiger partial charge in [0.25, 0.3) is 11.1 Å². The van der Waals surface area contributed by atoms with E-state index in [1.807, 2.05) is 6.92 Å². The smallest absolute Gasteiger partial charge is 0.267 e. The molecule has 0 fully saturated rings. The predicted octanol–water partition coefficient (Wildman–Crippen LogP) is -0.714. The highest BCUT2D eigenvalue weighted by Crippen LogP contribution is 2.14. The summed E-state index contributed by atoms with van der Waals surface area (Å²) in [6.45, 7) is 2.20. The number of aryl methyl sites for hydroxylation is 1. The molecule has 1 aromatic carbocycles. The van der Waals surface area contributed by atoms with Crippen molar-refractivity contribution in [3.63, 3.8) is 0 Å². The van der Waals surface area contributed by atoms with Crippen molar-refractivity contribution < 1.29 is 0 Å². The molecule has 0 amide bonds. The minimum Gasteiger partial charge on any atom is -0.267 e. The van der Waals surface area contributed by atoms with E-state index in [0.717, 1.165) is 4.68 Å². The lowest BCUT2D eigenvalue weighted by atomic mass is 10.2. The van der Waals surface area contributed by atoms with Crippen molar-refractivity contribution in [2.24, 2.45) is 7.05 Å². The Bertz CT molecular complexity index is 1190. The van der Waals surface area contributed by atoms with Gasteiger partial charge in [0.2, 0.25) is 0 Å². The average Bonchev–Trinajstić information content (AvgIpc) is 3.11. The molecule has 0 spiro atoms. The largest absolute Gasteiger partial charge is 0.277 e.